The van der Waals surface area contributed by atoms with Crippen LogP contribution in [0.5, 0.6) is 5.75 Å². The molecule has 6 heteroatoms. The van der Waals surface area contributed by atoms with Gasteiger partial charge >= 0.3 is 0 Å². The number of nitrogens with zero attached hydrogens (tertiary/aromatic N) is 3. The second kappa shape index (κ2) is 8.92. The predicted molar refractivity (Wildman–Crippen MR) is 112 cm³/mol. The maximum Gasteiger partial charge on any atom is 0.224 e. The lowest BCUT2D eigenvalue weighted by atomic mass is 10.1. The molecule has 150 valence electrons. The van der Waals surface area contributed by atoms with Crippen molar-refractivity contribution >= 4 is 5.91 Å². The van der Waals surface area contributed by atoms with Crippen molar-refractivity contribution in [3.63, 3.8) is 0 Å². The third-order valence-electron chi connectivity index (χ3n) is 5.34. The molecule has 6 nitrogen and oxygen atoms in total. The zero-order valence-electron chi connectivity index (χ0n) is 16.6. The number of hydrogen-bond donors (Lipinski definition) is 1. The fourth-order valence-electron chi connectivity index (χ4n) is 3.63. The Hall–Kier alpha value is -3.12. The van der Waals surface area contributed by atoms with Crippen LogP contribution >= 0.6 is 0 Å². The molecule has 1 aliphatic heterocycles. The van der Waals surface area contributed by atoms with Crippen molar-refractivity contribution in [1.82, 2.24) is 20.0 Å². The van der Waals surface area contributed by atoms with Crippen LogP contribution in [0.2, 0.25) is 0 Å². The van der Waals surface area contributed by atoms with Gasteiger partial charge in [-0.15, -0.1) is 0 Å². The molecule has 0 radical (unpaired) electrons. The van der Waals surface area contributed by atoms with Crippen molar-refractivity contribution in [1.29, 1.82) is 0 Å². The fourth-order valence-corrected chi connectivity index (χ4v) is 3.63. The Morgan fingerprint density at radius 1 is 1.10 bits per heavy atom. The molecule has 3 aromatic rings. The molecular formula is C23H26N4O2. The van der Waals surface area contributed by atoms with Gasteiger partial charge in [0.15, 0.2) is 0 Å². The van der Waals surface area contributed by atoms with Crippen molar-refractivity contribution in [2.24, 2.45) is 0 Å². The summed E-state index contributed by atoms with van der Waals surface area (Å²) in [5.74, 6) is 1.08. The molecule has 1 saturated heterocycles. The van der Waals surface area contributed by atoms with Gasteiger partial charge < -0.3 is 15.0 Å². The normalized spacial score (nSPS) is 16.4. The van der Waals surface area contributed by atoms with Gasteiger partial charge in [-0.25, -0.2) is 4.68 Å². The second-order valence-corrected chi connectivity index (χ2v) is 7.34. The summed E-state index contributed by atoms with van der Waals surface area (Å²) in [5, 5.41) is 7.77. The van der Waals surface area contributed by atoms with Crippen molar-refractivity contribution < 1.29 is 9.53 Å². The third-order valence-corrected chi connectivity index (χ3v) is 5.34. The van der Waals surface area contributed by atoms with Gasteiger partial charge in [0.05, 0.1) is 12.8 Å². The van der Waals surface area contributed by atoms with Crippen LogP contribution < -0.4 is 10.1 Å². The number of benzene rings is 2. The highest BCUT2D eigenvalue weighted by Gasteiger charge is 2.28. The van der Waals surface area contributed by atoms with Crippen LogP contribution in [0.15, 0.2) is 67.0 Å². The fraction of sp³-hybridized carbons (Fsp3) is 0.304. The van der Waals surface area contributed by atoms with E-state index in [1.165, 1.54) is 11.1 Å². The molecule has 0 unspecified atom stereocenters. The average Bonchev–Trinajstić information content (AvgIpc) is 3.41. The molecule has 1 fully saturated rings. The van der Waals surface area contributed by atoms with Crippen LogP contribution in [0.3, 0.4) is 0 Å². The number of hydrogen-bond acceptors (Lipinski definition) is 4. The molecule has 1 aliphatic rings. The summed E-state index contributed by atoms with van der Waals surface area (Å²) in [6.07, 6.45) is 5.12. The summed E-state index contributed by atoms with van der Waals surface area (Å²) < 4.78 is 7.03. The number of amides is 1. The Labute approximate surface area is 171 Å². The van der Waals surface area contributed by atoms with Crippen LogP contribution in [-0.4, -0.2) is 46.8 Å². The maximum absolute atomic E-state index is 12.3. The number of rotatable bonds is 8. The zero-order valence-corrected chi connectivity index (χ0v) is 16.6. The molecule has 0 saturated carbocycles. The number of aromatic nitrogens is 2. The molecule has 0 bridgehead atoms. The molecule has 4 rings (SSSR count). The first-order valence-electron chi connectivity index (χ1n) is 9.94. The van der Waals surface area contributed by atoms with Gasteiger partial charge in [0, 0.05) is 44.5 Å². The molecule has 1 amide bonds. The standard InChI is InChI=1S/C23H26N4O2/c1-29-22-9-5-18(6-10-22)11-14-26-17-20(15-23(26)28)24-16-19-3-7-21(8-4-19)27-13-2-12-25-27/h2-10,12-13,20,24H,11,14-17H2,1H3/t20-/m1/s1. The number of carbonyl (C=O) groups excluding carboxylic acids is 1. The predicted octanol–water partition coefficient (Wildman–Crippen LogP) is 2.81. The number of ether oxygens (including phenoxy) is 1. The molecule has 2 heterocycles. The van der Waals surface area contributed by atoms with Gasteiger partial charge in [-0.3, -0.25) is 4.79 Å². The smallest absolute Gasteiger partial charge is 0.224 e. The van der Waals surface area contributed by atoms with E-state index < -0.39 is 0 Å². The van der Waals surface area contributed by atoms with Crippen LogP contribution in [0.25, 0.3) is 5.69 Å². The highest BCUT2D eigenvalue weighted by molar-refractivity contribution is 5.79. The Kier molecular flexibility index (Phi) is 5.91. The minimum absolute atomic E-state index is 0.198. The van der Waals surface area contributed by atoms with E-state index in [0.29, 0.717) is 6.42 Å². The SMILES string of the molecule is COc1ccc(CCN2C[C@H](NCc3ccc(-n4cccn4)cc3)CC2=O)cc1. The first-order valence-corrected chi connectivity index (χ1v) is 9.94. The number of carbonyl (C=O) groups is 1. The van der Waals surface area contributed by atoms with Crippen molar-refractivity contribution in [3.05, 3.63) is 78.1 Å². The monoisotopic (exact) mass is 390 g/mol. The van der Waals surface area contributed by atoms with Gasteiger partial charge in [-0.2, -0.15) is 5.10 Å². The van der Waals surface area contributed by atoms with Crippen molar-refractivity contribution in [2.45, 2.75) is 25.4 Å². The maximum atomic E-state index is 12.3. The minimum Gasteiger partial charge on any atom is -0.497 e. The van der Waals surface area contributed by atoms with E-state index in [-0.39, 0.29) is 11.9 Å². The highest BCUT2D eigenvalue weighted by atomic mass is 16.5. The van der Waals surface area contributed by atoms with E-state index in [2.05, 4.69) is 46.8 Å². The summed E-state index contributed by atoms with van der Waals surface area (Å²) in [5.41, 5.74) is 3.46. The Bertz CT molecular complexity index is 921. The molecular weight excluding hydrogens is 364 g/mol. The summed E-state index contributed by atoms with van der Waals surface area (Å²) >= 11 is 0. The summed E-state index contributed by atoms with van der Waals surface area (Å²) in [6.45, 7) is 2.27. The van der Waals surface area contributed by atoms with E-state index in [1.54, 1.807) is 13.3 Å². The van der Waals surface area contributed by atoms with Crippen LogP contribution in [0.4, 0.5) is 0 Å². The Morgan fingerprint density at radius 2 is 1.86 bits per heavy atom. The Morgan fingerprint density at radius 3 is 2.55 bits per heavy atom. The molecule has 1 N–H and O–H groups in total. The highest BCUT2D eigenvalue weighted by Crippen LogP contribution is 2.16. The van der Waals surface area contributed by atoms with Crippen LogP contribution in [-0.2, 0) is 17.8 Å². The summed E-state index contributed by atoms with van der Waals surface area (Å²) in [4.78, 5) is 14.3. The average molecular weight is 390 g/mol. The molecule has 1 atom stereocenters. The Balaban J connectivity index is 1.24. The van der Waals surface area contributed by atoms with E-state index in [1.807, 2.05) is 34.0 Å². The summed E-state index contributed by atoms with van der Waals surface area (Å²) in [6, 6.07) is 18.5. The molecule has 2 aromatic carbocycles. The molecule has 0 aliphatic carbocycles. The number of nitrogens with one attached hydrogen (secondary N) is 1. The zero-order chi connectivity index (χ0) is 20.1. The van der Waals surface area contributed by atoms with E-state index in [9.17, 15) is 4.79 Å². The minimum atomic E-state index is 0.198. The molecule has 0 spiro atoms. The van der Waals surface area contributed by atoms with Gasteiger partial charge in [-0.05, 0) is 47.9 Å². The van der Waals surface area contributed by atoms with Gasteiger partial charge in [0.2, 0.25) is 5.91 Å². The van der Waals surface area contributed by atoms with Gasteiger partial charge in [0.1, 0.15) is 5.75 Å². The first-order chi connectivity index (χ1) is 14.2. The van der Waals surface area contributed by atoms with E-state index in [0.717, 1.165) is 37.5 Å². The lowest BCUT2D eigenvalue weighted by Gasteiger charge is -2.17. The topological polar surface area (TPSA) is 59.4 Å². The van der Waals surface area contributed by atoms with Gasteiger partial charge in [0.25, 0.3) is 0 Å². The lowest BCUT2D eigenvalue weighted by molar-refractivity contribution is -0.127. The number of methoxy groups -OCH3 is 1. The lowest BCUT2D eigenvalue weighted by Crippen LogP contribution is -2.33. The quantitative estimate of drug-likeness (QED) is 0.643. The van der Waals surface area contributed by atoms with E-state index >= 15 is 0 Å². The molecule has 1 aromatic heterocycles. The van der Waals surface area contributed by atoms with Crippen LogP contribution in [0.1, 0.15) is 17.5 Å². The van der Waals surface area contributed by atoms with Crippen molar-refractivity contribution in [2.75, 3.05) is 20.2 Å². The largest absolute Gasteiger partial charge is 0.497 e. The summed E-state index contributed by atoms with van der Waals surface area (Å²) in [7, 11) is 1.67. The van der Waals surface area contributed by atoms with E-state index in [4.69, 9.17) is 4.74 Å². The first kappa shape index (κ1) is 19.2. The van der Waals surface area contributed by atoms with Gasteiger partial charge in [-0.1, -0.05) is 24.3 Å². The number of likely N-dealkylation sites (tertiary alicyclic amines) is 1. The van der Waals surface area contributed by atoms with Crippen LogP contribution in [0, 0.1) is 0 Å². The molecule has 29 heavy (non-hydrogen) atoms. The van der Waals surface area contributed by atoms with Crippen molar-refractivity contribution in [3.8, 4) is 11.4 Å². The third kappa shape index (κ3) is 4.84. The second-order valence-electron chi connectivity index (χ2n) is 7.34.